The van der Waals surface area contributed by atoms with Crippen molar-refractivity contribution in [3.8, 4) is 0 Å². The van der Waals surface area contributed by atoms with Crippen LogP contribution < -0.4 is 5.32 Å². The largest absolute Gasteiger partial charge is 0.380 e. The smallest absolute Gasteiger partial charge is 0.252 e. The summed E-state index contributed by atoms with van der Waals surface area (Å²) >= 11 is 3.38. The van der Waals surface area contributed by atoms with Crippen molar-refractivity contribution >= 4 is 21.8 Å². The minimum absolute atomic E-state index is 0.0883. The third kappa shape index (κ3) is 3.92. The topological polar surface area (TPSA) is 38.3 Å². The van der Waals surface area contributed by atoms with E-state index in [4.69, 9.17) is 4.74 Å². The first-order chi connectivity index (χ1) is 9.70. The highest BCUT2D eigenvalue weighted by atomic mass is 79.9. The number of carbonyl (C=O) groups is 1. The lowest BCUT2D eigenvalue weighted by Gasteiger charge is -2.08. The molecule has 0 atom stereocenters. The Balaban J connectivity index is 2.00. The number of benzene rings is 2. The highest BCUT2D eigenvalue weighted by Gasteiger charge is 2.08. The van der Waals surface area contributed by atoms with Crippen molar-refractivity contribution in [2.75, 3.05) is 7.11 Å². The van der Waals surface area contributed by atoms with Crippen molar-refractivity contribution < 1.29 is 9.53 Å². The SMILES string of the molecule is COCc1cccc(CNC(=O)c2ccccc2Br)c1. The van der Waals surface area contributed by atoms with Gasteiger partial charge < -0.3 is 10.1 Å². The van der Waals surface area contributed by atoms with E-state index in [1.165, 1.54) is 0 Å². The van der Waals surface area contributed by atoms with Crippen LogP contribution in [0.4, 0.5) is 0 Å². The molecule has 0 bridgehead atoms. The summed E-state index contributed by atoms with van der Waals surface area (Å²) in [5.41, 5.74) is 2.79. The molecule has 20 heavy (non-hydrogen) atoms. The molecular formula is C16H16BrNO2. The summed E-state index contributed by atoms with van der Waals surface area (Å²) in [6.07, 6.45) is 0. The van der Waals surface area contributed by atoms with Gasteiger partial charge in [-0.3, -0.25) is 4.79 Å². The number of ether oxygens (including phenoxy) is 1. The Morgan fingerprint density at radius 1 is 1.15 bits per heavy atom. The number of carbonyl (C=O) groups excluding carboxylic acids is 1. The Morgan fingerprint density at radius 2 is 1.90 bits per heavy atom. The van der Waals surface area contributed by atoms with Crippen LogP contribution in [0.15, 0.2) is 53.0 Å². The van der Waals surface area contributed by atoms with Crippen molar-refractivity contribution in [1.82, 2.24) is 5.32 Å². The summed E-state index contributed by atoms with van der Waals surface area (Å²) in [7, 11) is 1.67. The number of nitrogens with one attached hydrogen (secondary N) is 1. The molecule has 2 aromatic rings. The van der Waals surface area contributed by atoms with Crippen LogP contribution in [0, 0.1) is 0 Å². The Kier molecular flexibility index (Phi) is 5.32. The third-order valence-electron chi connectivity index (χ3n) is 2.87. The normalized spacial score (nSPS) is 10.3. The molecule has 0 heterocycles. The maximum absolute atomic E-state index is 12.1. The number of hydrogen-bond acceptors (Lipinski definition) is 2. The maximum Gasteiger partial charge on any atom is 0.252 e. The molecular weight excluding hydrogens is 318 g/mol. The number of amides is 1. The average molecular weight is 334 g/mol. The zero-order chi connectivity index (χ0) is 14.4. The van der Waals surface area contributed by atoms with Gasteiger partial charge in [0, 0.05) is 18.1 Å². The lowest BCUT2D eigenvalue weighted by Crippen LogP contribution is -2.23. The first-order valence-electron chi connectivity index (χ1n) is 6.30. The molecule has 0 aliphatic carbocycles. The summed E-state index contributed by atoms with van der Waals surface area (Å²) < 4.78 is 5.90. The van der Waals surface area contributed by atoms with E-state index in [0.717, 1.165) is 15.6 Å². The highest BCUT2D eigenvalue weighted by molar-refractivity contribution is 9.10. The Hall–Kier alpha value is -1.65. The van der Waals surface area contributed by atoms with Crippen LogP contribution in [0.3, 0.4) is 0 Å². The molecule has 2 aromatic carbocycles. The molecule has 1 amide bonds. The lowest BCUT2D eigenvalue weighted by molar-refractivity contribution is 0.0950. The minimum atomic E-state index is -0.0883. The summed E-state index contributed by atoms with van der Waals surface area (Å²) in [5, 5.41) is 2.92. The monoisotopic (exact) mass is 333 g/mol. The predicted octanol–water partition coefficient (Wildman–Crippen LogP) is 3.53. The minimum Gasteiger partial charge on any atom is -0.380 e. The fourth-order valence-electron chi connectivity index (χ4n) is 1.92. The van der Waals surface area contributed by atoms with Gasteiger partial charge in [0.05, 0.1) is 12.2 Å². The summed E-state index contributed by atoms with van der Waals surface area (Å²) in [5.74, 6) is -0.0883. The van der Waals surface area contributed by atoms with Gasteiger partial charge >= 0.3 is 0 Å². The van der Waals surface area contributed by atoms with Crippen molar-refractivity contribution in [2.45, 2.75) is 13.2 Å². The van der Waals surface area contributed by atoms with Crippen LogP contribution in [0.2, 0.25) is 0 Å². The zero-order valence-electron chi connectivity index (χ0n) is 11.2. The van der Waals surface area contributed by atoms with Gasteiger partial charge in [-0.2, -0.15) is 0 Å². The molecule has 104 valence electrons. The van der Waals surface area contributed by atoms with Crippen LogP contribution in [-0.4, -0.2) is 13.0 Å². The molecule has 0 saturated heterocycles. The maximum atomic E-state index is 12.1. The summed E-state index contributed by atoms with van der Waals surface area (Å²) in [6.45, 7) is 1.07. The Morgan fingerprint density at radius 3 is 2.65 bits per heavy atom. The molecule has 0 radical (unpaired) electrons. The van der Waals surface area contributed by atoms with Crippen molar-refractivity contribution in [3.63, 3.8) is 0 Å². The van der Waals surface area contributed by atoms with E-state index in [0.29, 0.717) is 18.7 Å². The van der Waals surface area contributed by atoms with Gasteiger partial charge in [-0.05, 0) is 39.2 Å². The first kappa shape index (κ1) is 14.8. The number of hydrogen-bond donors (Lipinski definition) is 1. The van der Waals surface area contributed by atoms with Gasteiger partial charge in [0.25, 0.3) is 5.91 Å². The molecule has 4 heteroatoms. The van der Waals surface area contributed by atoms with E-state index in [1.807, 2.05) is 42.5 Å². The van der Waals surface area contributed by atoms with Crippen LogP contribution >= 0.6 is 15.9 Å². The predicted molar refractivity (Wildman–Crippen MR) is 82.5 cm³/mol. The molecule has 0 spiro atoms. The van der Waals surface area contributed by atoms with Crippen LogP contribution in [0.1, 0.15) is 21.5 Å². The van der Waals surface area contributed by atoms with Gasteiger partial charge in [0.2, 0.25) is 0 Å². The van der Waals surface area contributed by atoms with E-state index in [9.17, 15) is 4.79 Å². The zero-order valence-corrected chi connectivity index (χ0v) is 12.8. The van der Waals surface area contributed by atoms with Crippen molar-refractivity contribution in [1.29, 1.82) is 0 Å². The summed E-state index contributed by atoms with van der Waals surface area (Å²) in [6, 6.07) is 15.4. The standard InChI is InChI=1S/C16H16BrNO2/c1-20-11-13-6-4-5-12(9-13)10-18-16(19)14-7-2-3-8-15(14)17/h2-9H,10-11H2,1H3,(H,18,19). The number of methoxy groups -OCH3 is 1. The van der Waals surface area contributed by atoms with Crippen LogP contribution in [-0.2, 0) is 17.9 Å². The molecule has 3 nitrogen and oxygen atoms in total. The van der Waals surface area contributed by atoms with E-state index in [-0.39, 0.29) is 5.91 Å². The molecule has 0 unspecified atom stereocenters. The number of rotatable bonds is 5. The van der Waals surface area contributed by atoms with Gasteiger partial charge in [-0.15, -0.1) is 0 Å². The van der Waals surface area contributed by atoms with Gasteiger partial charge in [0.15, 0.2) is 0 Å². The molecule has 1 N–H and O–H groups in total. The second-order valence-electron chi connectivity index (χ2n) is 4.42. The molecule has 0 saturated carbocycles. The Labute approximate surface area is 127 Å². The highest BCUT2D eigenvalue weighted by Crippen LogP contribution is 2.15. The van der Waals surface area contributed by atoms with Crippen molar-refractivity contribution in [2.24, 2.45) is 0 Å². The Bertz CT molecular complexity index is 599. The average Bonchev–Trinajstić information content (AvgIpc) is 2.46. The lowest BCUT2D eigenvalue weighted by atomic mass is 10.1. The van der Waals surface area contributed by atoms with E-state index in [2.05, 4.69) is 21.2 Å². The van der Waals surface area contributed by atoms with E-state index >= 15 is 0 Å². The van der Waals surface area contributed by atoms with E-state index in [1.54, 1.807) is 13.2 Å². The molecule has 0 aromatic heterocycles. The van der Waals surface area contributed by atoms with Crippen LogP contribution in [0.5, 0.6) is 0 Å². The quantitative estimate of drug-likeness (QED) is 0.908. The van der Waals surface area contributed by atoms with Crippen LogP contribution in [0.25, 0.3) is 0 Å². The number of halogens is 1. The second kappa shape index (κ2) is 7.22. The summed E-state index contributed by atoms with van der Waals surface area (Å²) in [4.78, 5) is 12.1. The molecule has 2 rings (SSSR count). The fourth-order valence-corrected chi connectivity index (χ4v) is 2.38. The first-order valence-corrected chi connectivity index (χ1v) is 7.09. The van der Waals surface area contributed by atoms with Gasteiger partial charge in [0.1, 0.15) is 0 Å². The molecule has 0 aliphatic rings. The van der Waals surface area contributed by atoms with Gasteiger partial charge in [-0.1, -0.05) is 36.4 Å². The van der Waals surface area contributed by atoms with Crippen molar-refractivity contribution in [3.05, 3.63) is 69.7 Å². The third-order valence-corrected chi connectivity index (χ3v) is 3.57. The molecule has 0 fully saturated rings. The second-order valence-corrected chi connectivity index (χ2v) is 5.27. The fraction of sp³-hybridized carbons (Fsp3) is 0.188. The van der Waals surface area contributed by atoms with Gasteiger partial charge in [-0.25, -0.2) is 0 Å². The molecule has 0 aliphatic heterocycles. The van der Waals surface area contributed by atoms with E-state index < -0.39 is 0 Å².